The Morgan fingerprint density at radius 2 is 1.75 bits per heavy atom. The number of rotatable bonds is 7. The second-order valence-corrected chi connectivity index (χ2v) is 11.3. The van der Waals surface area contributed by atoms with Crippen molar-refractivity contribution in [1.82, 2.24) is 35.7 Å². The molecule has 0 radical (unpaired) electrons. The van der Waals surface area contributed by atoms with E-state index in [1.54, 1.807) is 0 Å². The van der Waals surface area contributed by atoms with Crippen LogP contribution in [0.3, 0.4) is 0 Å². The van der Waals surface area contributed by atoms with Crippen LogP contribution in [0.15, 0.2) is 59.4 Å². The second-order valence-electron chi connectivity index (χ2n) is 11.3. The van der Waals surface area contributed by atoms with E-state index in [1.165, 1.54) is 12.0 Å². The molecular formula is C31H31F3N8O2. The minimum absolute atomic E-state index is 0.120. The molecule has 0 aliphatic carbocycles. The standard InChI is InChI=1S/C31H31F3N8O2/c1-18-14-20(4-5-21(18)16-36-28(43)27-40-29(44-41-27)30(2,3)31(32,33)34)25-23-15-24(39-26(23)38-17-37-25)19-6-8-22(9-7-19)42-12-10-35-11-13-42/h4-9,14-15,17,35H,10-13,16H2,1-3H3,(H,36,43)(H,37,38,39). The molecule has 0 unspecified atom stereocenters. The van der Waals surface area contributed by atoms with Crippen LogP contribution in [0.5, 0.6) is 0 Å². The first kappa shape index (κ1) is 29.3. The maximum atomic E-state index is 13.3. The highest BCUT2D eigenvalue weighted by molar-refractivity contribution is 5.94. The number of nitrogens with one attached hydrogen (secondary N) is 3. The second kappa shape index (κ2) is 11.4. The molecule has 2 aromatic carbocycles. The van der Waals surface area contributed by atoms with Crippen molar-refractivity contribution in [3.63, 3.8) is 0 Å². The van der Waals surface area contributed by atoms with Crippen LogP contribution in [0.1, 0.15) is 41.5 Å². The monoisotopic (exact) mass is 604 g/mol. The largest absolute Gasteiger partial charge is 0.402 e. The summed E-state index contributed by atoms with van der Waals surface area (Å²) in [4.78, 5) is 31.0. The highest BCUT2D eigenvalue weighted by Crippen LogP contribution is 2.39. The fourth-order valence-electron chi connectivity index (χ4n) is 5.09. The van der Waals surface area contributed by atoms with Gasteiger partial charge in [0.1, 0.15) is 17.4 Å². The third-order valence-electron chi connectivity index (χ3n) is 8.01. The lowest BCUT2D eigenvalue weighted by atomic mass is 9.93. The summed E-state index contributed by atoms with van der Waals surface area (Å²) in [5.74, 6) is -1.87. The summed E-state index contributed by atoms with van der Waals surface area (Å²) in [5.41, 5.74) is 4.87. The number of carbonyl (C=O) groups is 1. The Kier molecular flexibility index (Phi) is 7.58. The predicted molar refractivity (Wildman–Crippen MR) is 159 cm³/mol. The number of H-pyrrole nitrogens is 1. The number of aromatic nitrogens is 5. The molecule has 0 bridgehead atoms. The van der Waals surface area contributed by atoms with Crippen LogP contribution in [0.25, 0.3) is 33.5 Å². The third-order valence-corrected chi connectivity index (χ3v) is 8.01. The lowest BCUT2D eigenvalue weighted by molar-refractivity contribution is -0.186. The highest BCUT2D eigenvalue weighted by atomic mass is 19.4. The number of hydrogen-bond acceptors (Lipinski definition) is 8. The van der Waals surface area contributed by atoms with Crippen molar-refractivity contribution >= 4 is 22.6 Å². The van der Waals surface area contributed by atoms with Gasteiger partial charge in [0, 0.05) is 55.1 Å². The summed E-state index contributed by atoms with van der Waals surface area (Å²) < 4.78 is 44.6. The van der Waals surface area contributed by atoms with Gasteiger partial charge in [-0.05, 0) is 61.7 Å². The number of fused-ring (bicyclic) bond motifs is 1. The van der Waals surface area contributed by atoms with E-state index in [-0.39, 0.29) is 6.54 Å². The lowest BCUT2D eigenvalue weighted by Gasteiger charge is -2.29. The normalized spacial score (nSPS) is 14.3. The van der Waals surface area contributed by atoms with Gasteiger partial charge in [-0.15, -0.1) is 0 Å². The molecule has 44 heavy (non-hydrogen) atoms. The number of alkyl halides is 3. The summed E-state index contributed by atoms with van der Waals surface area (Å²) in [5, 5.41) is 10.3. The molecule has 1 aliphatic rings. The number of benzene rings is 2. The van der Waals surface area contributed by atoms with Crippen LogP contribution in [0.2, 0.25) is 0 Å². The first-order valence-corrected chi connectivity index (χ1v) is 14.2. The Bertz CT molecular complexity index is 1810. The van der Waals surface area contributed by atoms with Crippen LogP contribution in [0.4, 0.5) is 18.9 Å². The molecule has 0 spiro atoms. The van der Waals surface area contributed by atoms with E-state index in [4.69, 9.17) is 4.52 Å². The van der Waals surface area contributed by atoms with Gasteiger partial charge < -0.3 is 25.0 Å². The van der Waals surface area contributed by atoms with Gasteiger partial charge in [0.2, 0.25) is 5.89 Å². The van der Waals surface area contributed by atoms with Crippen molar-refractivity contribution in [2.75, 3.05) is 31.1 Å². The fourth-order valence-corrected chi connectivity index (χ4v) is 5.09. The summed E-state index contributed by atoms with van der Waals surface area (Å²) in [7, 11) is 0. The zero-order chi connectivity index (χ0) is 31.1. The molecule has 0 saturated carbocycles. The van der Waals surface area contributed by atoms with Crippen molar-refractivity contribution in [3.8, 4) is 22.5 Å². The number of piperazine rings is 1. The maximum Gasteiger partial charge on any atom is 0.402 e. The molecule has 1 saturated heterocycles. The SMILES string of the molecule is Cc1cc(-c2ncnc3[nH]c(-c4ccc(N5CCNCC5)cc4)cc23)ccc1CNC(=O)c1noc(C(C)(C)C(F)(F)F)n1. The van der Waals surface area contributed by atoms with Crippen molar-refractivity contribution in [2.45, 2.75) is 38.9 Å². The fraction of sp³-hybridized carbons (Fsp3) is 0.323. The Labute approximate surface area is 251 Å². The van der Waals surface area contributed by atoms with Crippen molar-refractivity contribution in [1.29, 1.82) is 0 Å². The number of aryl methyl sites for hydroxylation is 1. The Morgan fingerprint density at radius 1 is 1.02 bits per heavy atom. The molecule has 4 heterocycles. The molecule has 3 N–H and O–H groups in total. The first-order chi connectivity index (χ1) is 21.0. The van der Waals surface area contributed by atoms with Gasteiger partial charge in [-0.25, -0.2) is 9.97 Å². The van der Waals surface area contributed by atoms with Gasteiger partial charge in [-0.2, -0.15) is 18.2 Å². The number of carbonyl (C=O) groups excluding carboxylic acids is 1. The Balaban J connectivity index is 1.17. The van der Waals surface area contributed by atoms with Crippen molar-refractivity contribution in [2.24, 2.45) is 0 Å². The number of aromatic amines is 1. The minimum Gasteiger partial charge on any atom is -0.369 e. The highest BCUT2D eigenvalue weighted by Gasteiger charge is 2.52. The quantitative estimate of drug-likeness (QED) is 0.233. The molecular weight excluding hydrogens is 573 g/mol. The lowest BCUT2D eigenvalue weighted by Crippen LogP contribution is -2.43. The molecule has 228 valence electrons. The number of amides is 1. The first-order valence-electron chi connectivity index (χ1n) is 14.2. The molecule has 0 atom stereocenters. The summed E-state index contributed by atoms with van der Waals surface area (Å²) in [6.45, 7) is 7.79. The van der Waals surface area contributed by atoms with Crippen LogP contribution < -0.4 is 15.5 Å². The van der Waals surface area contributed by atoms with Crippen LogP contribution in [-0.4, -0.2) is 63.4 Å². The predicted octanol–water partition coefficient (Wildman–Crippen LogP) is 5.16. The summed E-state index contributed by atoms with van der Waals surface area (Å²) in [6.07, 6.45) is -3.09. The number of nitrogens with zero attached hydrogens (tertiary/aromatic N) is 5. The van der Waals surface area contributed by atoms with E-state index in [9.17, 15) is 18.0 Å². The van der Waals surface area contributed by atoms with Crippen LogP contribution in [0, 0.1) is 6.92 Å². The van der Waals surface area contributed by atoms with Gasteiger partial charge in [0.25, 0.3) is 11.7 Å². The molecule has 13 heteroatoms. The van der Waals surface area contributed by atoms with E-state index in [2.05, 4.69) is 64.9 Å². The van der Waals surface area contributed by atoms with Gasteiger partial charge in [0.05, 0.1) is 5.69 Å². The zero-order valence-corrected chi connectivity index (χ0v) is 24.4. The maximum absolute atomic E-state index is 13.3. The summed E-state index contributed by atoms with van der Waals surface area (Å²) in [6, 6.07) is 16.3. The van der Waals surface area contributed by atoms with Crippen molar-refractivity contribution in [3.05, 3.63) is 77.7 Å². The number of anilines is 1. The zero-order valence-electron chi connectivity index (χ0n) is 24.4. The molecule has 3 aromatic heterocycles. The number of halogens is 3. The molecule has 1 amide bonds. The third kappa shape index (κ3) is 5.62. The topological polar surface area (TPSA) is 125 Å². The van der Waals surface area contributed by atoms with E-state index >= 15 is 0 Å². The Morgan fingerprint density at radius 3 is 2.45 bits per heavy atom. The van der Waals surface area contributed by atoms with E-state index < -0.39 is 29.2 Å². The summed E-state index contributed by atoms with van der Waals surface area (Å²) >= 11 is 0. The van der Waals surface area contributed by atoms with Gasteiger partial charge in [0.15, 0.2) is 0 Å². The smallest absolute Gasteiger partial charge is 0.369 e. The van der Waals surface area contributed by atoms with Gasteiger partial charge in [-0.1, -0.05) is 29.4 Å². The molecule has 1 aliphatic heterocycles. The Hall–Kier alpha value is -4.78. The average Bonchev–Trinajstić information content (AvgIpc) is 3.69. The van der Waals surface area contributed by atoms with E-state index in [0.29, 0.717) is 0 Å². The molecule has 1 fully saturated rings. The van der Waals surface area contributed by atoms with E-state index in [1.807, 2.05) is 31.2 Å². The van der Waals surface area contributed by atoms with Gasteiger partial charge in [-0.3, -0.25) is 4.79 Å². The molecule has 6 rings (SSSR count). The molecule has 5 aromatic rings. The van der Waals surface area contributed by atoms with Gasteiger partial charge >= 0.3 is 6.18 Å². The molecule has 10 nitrogen and oxygen atoms in total. The minimum atomic E-state index is -4.61. The van der Waals surface area contributed by atoms with Crippen LogP contribution >= 0.6 is 0 Å². The van der Waals surface area contributed by atoms with E-state index in [0.717, 1.165) is 84.7 Å². The average molecular weight is 605 g/mol. The number of hydrogen-bond donors (Lipinski definition) is 3. The van der Waals surface area contributed by atoms with Crippen molar-refractivity contribution < 1.29 is 22.5 Å². The van der Waals surface area contributed by atoms with Crippen LogP contribution in [-0.2, 0) is 12.0 Å².